The summed E-state index contributed by atoms with van der Waals surface area (Å²) in [6.45, 7) is 4.72. The normalized spacial score (nSPS) is 17.2. The molecule has 0 bridgehead atoms. The molecule has 0 aliphatic heterocycles. The van der Waals surface area contributed by atoms with Crippen molar-refractivity contribution in [2.45, 2.75) is 32.9 Å². The van der Waals surface area contributed by atoms with Crippen molar-refractivity contribution in [3.8, 4) is 0 Å². The molecule has 0 saturated heterocycles. The molecule has 0 rings (SSSR count). The standard InChI is InChI=1S/C8H16N2O3/c1-4(8(12)13)6(3)10-7(11)5(2)9/h4-6H,9H2,1-3H3,(H,10,11)(H,12,13)/t4?,5-,6?/m1/s1. The maximum absolute atomic E-state index is 11.1. The van der Waals surface area contributed by atoms with Gasteiger partial charge in [-0.05, 0) is 20.8 Å². The third-order valence-corrected chi connectivity index (χ3v) is 1.92. The molecular weight excluding hydrogens is 172 g/mol. The number of amides is 1. The van der Waals surface area contributed by atoms with E-state index in [9.17, 15) is 9.59 Å². The molecule has 0 aromatic heterocycles. The maximum atomic E-state index is 11.1. The number of carbonyl (C=O) groups excluding carboxylic acids is 1. The van der Waals surface area contributed by atoms with E-state index < -0.39 is 24.0 Å². The number of aliphatic carboxylic acids is 1. The van der Waals surface area contributed by atoms with Crippen LogP contribution in [0.1, 0.15) is 20.8 Å². The molecule has 0 radical (unpaired) electrons. The number of nitrogens with one attached hydrogen (secondary N) is 1. The van der Waals surface area contributed by atoms with Gasteiger partial charge in [-0.15, -0.1) is 0 Å². The molecule has 0 aliphatic rings. The Labute approximate surface area is 77.3 Å². The zero-order valence-electron chi connectivity index (χ0n) is 8.07. The van der Waals surface area contributed by atoms with Crippen molar-refractivity contribution in [2.24, 2.45) is 11.7 Å². The van der Waals surface area contributed by atoms with Gasteiger partial charge in [0.1, 0.15) is 0 Å². The van der Waals surface area contributed by atoms with Crippen LogP contribution in [-0.2, 0) is 9.59 Å². The van der Waals surface area contributed by atoms with Crippen LogP contribution in [0, 0.1) is 5.92 Å². The fraction of sp³-hybridized carbons (Fsp3) is 0.750. The molecule has 0 aromatic carbocycles. The molecule has 2 unspecified atom stereocenters. The highest BCUT2D eigenvalue weighted by atomic mass is 16.4. The van der Waals surface area contributed by atoms with Gasteiger partial charge in [0.2, 0.25) is 5.91 Å². The van der Waals surface area contributed by atoms with Crippen molar-refractivity contribution in [1.29, 1.82) is 0 Å². The van der Waals surface area contributed by atoms with E-state index in [-0.39, 0.29) is 5.91 Å². The summed E-state index contributed by atoms with van der Waals surface area (Å²) in [5.74, 6) is -1.87. The van der Waals surface area contributed by atoms with E-state index in [1.54, 1.807) is 13.8 Å². The fourth-order valence-electron chi connectivity index (χ4n) is 0.695. The molecule has 0 fully saturated rings. The molecule has 5 heteroatoms. The van der Waals surface area contributed by atoms with E-state index in [1.165, 1.54) is 6.92 Å². The third kappa shape index (κ3) is 3.89. The van der Waals surface area contributed by atoms with E-state index in [0.29, 0.717) is 0 Å². The van der Waals surface area contributed by atoms with Crippen LogP contribution in [0.15, 0.2) is 0 Å². The summed E-state index contributed by atoms with van der Waals surface area (Å²) < 4.78 is 0. The molecule has 1 amide bonds. The molecule has 3 atom stereocenters. The highest BCUT2D eigenvalue weighted by Crippen LogP contribution is 2.02. The average Bonchev–Trinajstić information content (AvgIpc) is 2.02. The summed E-state index contributed by atoms with van der Waals surface area (Å²) >= 11 is 0. The second-order valence-electron chi connectivity index (χ2n) is 3.21. The van der Waals surface area contributed by atoms with Crippen molar-refractivity contribution >= 4 is 11.9 Å². The molecule has 0 saturated carbocycles. The van der Waals surface area contributed by atoms with E-state index in [4.69, 9.17) is 10.8 Å². The van der Waals surface area contributed by atoms with Crippen LogP contribution < -0.4 is 11.1 Å². The van der Waals surface area contributed by atoms with E-state index in [1.807, 2.05) is 0 Å². The SMILES string of the molecule is CC(NC(=O)[C@@H](C)N)C(C)C(=O)O. The maximum Gasteiger partial charge on any atom is 0.308 e. The second kappa shape index (κ2) is 4.81. The number of carboxylic acids is 1. The first-order valence-electron chi connectivity index (χ1n) is 4.15. The van der Waals surface area contributed by atoms with Gasteiger partial charge in [0.15, 0.2) is 0 Å². The number of carbonyl (C=O) groups is 2. The molecule has 5 nitrogen and oxygen atoms in total. The highest BCUT2D eigenvalue weighted by Gasteiger charge is 2.21. The van der Waals surface area contributed by atoms with Crippen LogP contribution in [0.4, 0.5) is 0 Å². The first-order valence-corrected chi connectivity index (χ1v) is 4.15. The Kier molecular flexibility index (Phi) is 4.40. The Morgan fingerprint density at radius 3 is 2.08 bits per heavy atom. The minimum absolute atomic E-state index is 0.333. The smallest absolute Gasteiger partial charge is 0.308 e. The predicted octanol–water partition coefficient (Wildman–Crippen LogP) is -0.441. The number of nitrogens with two attached hydrogens (primary N) is 1. The van der Waals surface area contributed by atoms with Crippen molar-refractivity contribution in [3.05, 3.63) is 0 Å². The quantitative estimate of drug-likeness (QED) is 0.557. The third-order valence-electron chi connectivity index (χ3n) is 1.92. The minimum atomic E-state index is -0.933. The van der Waals surface area contributed by atoms with Crippen LogP contribution in [0.3, 0.4) is 0 Å². The lowest BCUT2D eigenvalue weighted by atomic mass is 10.0. The lowest BCUT2D eigenvalue weighted by Gasteiger charge is -2.18. The van der Waals surface area contributed by atoms with Crippen LogP contribution >= 0.6 is 0 Å². The van der Waals surface area contributed by atoms with Crippen molar-refractivity contribution in [2.75, 3.05) is 0 Å². The van der Waals surface area contributed by atoms with Crippen molar-refractivity contribution in [3.63, 3.8) is 0 Å². The monoisotopic (exact) mass is 188 g/mol. The molecule has 0 aromatic rings. The number of hydrogen-bond donors (Lipinski definition) is 3. The van der Waals surface area contributed by atoms with E-state index in [2.05, 4.69) is 5.32 Å². The number of rotatable bonds is 4. The van der Waals surface area contributed by atoms with Gasteiger partial charge in [-0.3, -0.25) is 9.59 Å². The van der Waals surface area contributed by atoms with Gasteiger partial charge in [0.05, 0.1) is 12.0 Å². The molecular formula is C8H16N2O3. The van der Waals surface area contributed by atoms with Crippen LogP contribution in [0.5, 0.6) is 0 Å². The Morgan fingerprint density at radius 1 is 1.31 bits per heavy atom. The fourth-order valence-corrected chi connectivity index (χ4v) is 0.695. The molecule has 13 heavy (non-hydrogen) atoms. The van der Waals surface area contributed by atoms with Gasteiger partial charge in [0, 0.05) is 6.04 Å². The van der Waals surface area contributed by atoms with Gasteiger partial charge in [0.25, 0.3) is 0 Å². The van der Waals surface area contributed by atoms with Crippen LogP contribution in [-0.4, -0.2) is 29.1 Å². The van der Waals surface area contributed by atoms with Crippen LogP contribution in [0.25, 0.3) is 0 Å². The summed E-state index contributed by atoms with van der Waals surface area (Å²) in [6, 6.07) is -1.01. The Bertz CT molecular complexity index is 204. The highest BCUT2D eigenvalue weighted by molar-refractivity contribution is 5.82. The van der Waals surface area contributed by atoms with Gasteiger partial charge < -0.3 is 16.2 Å². The predicted molar refractivity (Wildman–Crippen MR) is 48.1 cm³/mol. The first kappa shape index (κ1) is 11.9. The van der Waals surface area contributed by atoms with Crippen LogP contribution in [0.2, 0.25) is 0 Å². The largest absolute Gasteiger partial charge is 0.481 e. The topological polar surface area (TPSA) is 92.4 Å². The lowest BCUT2D eigenvalue weighted by molar-refractivity contribution is -0.142. The first-order chi connectivity index (χ1) is 5.86. The summed E-state index contributed by atoms with van der Waals surface area (Å²) in [4.78, 5) is 21.6. The number of carboxylic acid groups (broad SMARTS) is 1. The molecule has 0 heterocycles. The minimum Gasteiger partial charge on any atom is -0.481 e. The van der Waals surface area contributed by atoms with Gasteiger partial charge >= 0.3 is 5.97 Å². The molecule has 0 spiro atoms. The Hall–Kier alpha value is -1.10. The zero-order valence-corrected chi connectivity index (χ0v) is 8.07. The summed E-state index contributed by atoms with van der Waals surface area (Å²) in [7, 11) is 0. The zero-order chi connectivity index (χ0) is 10.6. The number of hydrogen-bond acceptors (Lipinski definition) is 3. The van der Waals surface area contributed by atoms with Crippen molar-refractivity contribution < 1.29 is 14.7 Å². The van der Waals surface area contributed by atoms with E-state index >= 15 is 0 Å². The molecule has 4 N–H and O–H groups in total. The summed E-state index contributed by atoms with van der Waals surface area (Å²) in [5, 5.41) is 11.1. The second-order valence-corrected chi connectivity index (χ2v) is 3.21. The average molecular weight is 188 g/mol. The van der Waals surface area contributed by atoms with Gasteiger partial charge in [-0.1, -0.05) is 0 Å². The molecule has 76 valence electrons. The van der Waals surface area contributed by atoms with Gasteiger partial charge in [-0.2, -0.15) is 0 Å². The van der Waals surface area contributed by atoms with Crippen molar-refractivity contribution in [1.82, 2.24) is 5.32 Å². The Morgan fingerprint density at radius 2 is 1.77 bits per heavy atom. The Balaban J connectivity index is 4.07. The van der Waals surface area contributed by atoms with Gasteiger partial charge in [-0.25, -0.2) is 0 Å². The summed E-state index contributed by atoms with van der Waals surface area (Å²) in [5.41, 5.74) is 5.30. The molecule has 0 aliphatic carbocycles. The summed E-state index contributed by atoms with van der Waals surface area (Å²) in [6.07, 6.45) is 0. The lowest BCUT2D eigenvalue weighted by Crippen LogP contribution is -2.46. The van der Waals surface area contributed by atoms with E-state index in [0.717, 1.165) is 0 Å².